The number of esters is 1. The third-order valence-electron chi connectivity index (χ3n) is 1.10. The van der Waals surface area contributed by atoms with Gasteiger partial charge in [0.1, 0.15) is 6.61 Å². The quantitative estimate of drug-likeness (QED) is 0.714. The van der Waals surface area contributed by atoms with Crippen LogP contribution in [0.4, 0.5) is 0 Å². The van der Waals surface area contributed by atoms with Crippen molar-refractivity contribution in [3.05, 3.63) is 0 Å². The van der Waals surface area contributed by atoms with Crippen LogP contribution in [-0.2, 0) is 19.1 Å². The van der Waals surface area contributed by atoms with Gasteiger partial charge in [0, 0.05) is 7.11 Å². The Morgan fingerprint density at radius 3 is 1.59 bits per heavy atom. The van der Waals surface area contributed by atoms with E-state index in [0.29, 0.717) is 0 Å². The fraction of sp³-hybridized carbons (Fsp3) is 0.846. The summed E-state index contributed by atoms with van der Waals surface area (Å²) in [4.78, 5) is 21.1. The van der Waals surface area contributed by atoms with Gasteiger partial charge in [-0.05, 0) is 13.8 Å². The molecule has 1 unspecified atom stereocenters. The predicted octanol–water partition coefficient (Wildman–Crippen LogP) is 3.97. The minimum absolute atomic E-state index is 0. The molecule has 1 atom stereocenters. The Labute approximate surface area is 110 Å². The number of carbonyl (C=O) groups is 2. The molecule has 0 saturated heterocycles. The number of hydrogen-bond donors (Lipinski definition) is 0. The van der Waals surface area contributed by atoms with Crippen LogP contribution in [0.5, 0.6) is 0 Å². The Morgan fingerprint density at radius 1 is 1.00 bits per heavy atom. The third kappa shape index (κ3) is 25.4. The SMILES string of the molecule is C.C.C.C.C.C.COC(C)C(=O)OCC(C)=O. The molecule has 0 radical (unpaired) electrons. The molecule has 0 fully saturated rings. The number of methoxy groups -OCH3 is 1. The molecule has 0 amide bonds. The molecular formula is C13H36O4. The molecule has 0 N–H and O–H groups in total. The molecule has 4 heteroatoms. The first-order chi connectivity index (χ1) is 5.07. The largest absolute Gasteiger partial charge is 0.456 e. The van der Waals surface area contributed by atoms with Crippen LogP contribution in [0.25, 0.3) is 0 Å². The minimum atomic E-state index is -0.602. The number of ketones is 1. The summed E-state index contributed by atoms with van der Waals surface area (Å²) in [6, 6.07) is 0. The molecular weight excluding hydrogens is 220 g/mol. The highest BCUT2D eigenvalue weighted by Gasteiger charge is 2.12. The lowest BCUT2D eigenvalue weighted by molar-refractivity contribution is -0.156. The van der Waals surface area contributed by atoms with Crippen molar-refractivity contribution >= 4 is 11.8 Å². The summed E-state index contributed by atoms with van der Waals surface area (Å²) >= 11 is 0. The number of Topliss-reactive ketones (excluding diaryl/α,β-unsaturated/α-hetero) is 1. The Balaban J connectivity index is -0.0000000333. The molecule has 112 valence electrons. The zero-order valence-corrected chi connectivity index (χ0v) is 6.92. The van der Waals surface area contributed by atoms with Gasteiger partial charge in [0.25, 0.3) is 0 Å². The van der Waals surface area contributed by atoms with E-state index in [1.807, 2.05) is 0 Å². The average Bonchev–Trinajstić information content (AvgIpc) is 1.98. The molecule has 0 aliphatic rings. The molecule has 0 heterocycles. The second-order valence-electron chi connectivity index (χ2n) is 2.19. The van der Waals surface area contributed by atoms with E-state index in [0.717, 1.165) is 0 Å². The van der Waals surface area contributed by atoms with E-state index >= 15 is 0 Å². The average molecular weight is 256 g/mol. The van der Waals surface area contributed by atoms with Gasteiger partial charge in [-0.25, -0.2) is 4.79 Å². The molecule has 0 saturated carbocycles. The zero-order chi connectivity index (χ0) is 8.85. The van der Waals surface area contributed by atoms with Gasteiger partial charge >= 0.3 is 5.97 Å². The first-order valence-corrected chi connectivity index (χ1v) is 3.26. The topological polar surface area (TPSA) is 52.6 Å². The van der Waals surface area contributed by atoms with Crippen LogP contribution < -0.4 is 0 Å². The zero-order valence-electron chi connectivity index (χ0n) is 6.92. The van der Waals surface area contributed by atoms with E-state index in [9.17, 15) is 9.59 Å². The van der Waals surface area contributed by atoms with Crippen molar-refractivity contribution < 1.29 is 19.1 Å². The lowest BCUT2D eigenvalue weighted by Crippen LogP contribution is -2.23. The molecule has 0 rings (SSSR count). The van der Waals surface area contributed by atoms with Crippen LogP contribution in [0.15, 0.2) is 0 Å². The van der Waals surface area contributed by atoms with Crippen molar-refractivity contribution in [3.63, 3.8) is 0 Å². The maximum absolute atomic E-state index is 10.8. The predicted molar refractivity (Wildman–Crippen MR) is 78.5 cm³/mol. The molecule has 0 aromatic heterocycles. The summed E-state index contributed by atoms with van der Waals surface area (Å²) in [5.41, 5.74) is 0. The van der Waals surface area contributed by atoms with Gasteiger partial charge in [0.15, 0.2) is 11.9 Å². The van der Waals surface area contributed by atoms with E-state index in [-0.39, 0.29) is 57.0 Å². The monoisotopic (exact) mass is 256 g/mol. The second-order valence-corrected chi connectivity index (χ2v) is 2.19. The van der Waals surface area contributed by atoms with Crippen LogP contribution in [0.1, 0.15) is 58.4 Å². The molecule has 4 nitrogen and oxygen atoms in total. The Bertz CT molecular complexity index is 155. The summed E-state index contributed by atoms with van der Waals surface area (Å²) in [6.07, 6.45) is -0.602. The van der Waals surface area contributed by atoms with Gasteiger partial charge in [-0.15, -0.1) is 0 Å². The normalized spacial score (nSPS) is 7.94. The molecule has 17 heavy (non-hydrogen) atoms. The Morgan fingerprint density at radius 2 is 1.35 bits per heavy atom. The Hall–Kier alpha value is -0.900. The van der Waals surface area contributed by atoms with Gasteiger partial charge < -0.3 is 9.47 Å². The van der Waals surface area contributed by atoms with Crippen molar-refractivity contribution in [3.8, 4) is 0 Å². The summed E-state index contributed by atoms with van der Waals surface area (Å²) < 4.78 is 9.20. The third-order valence-corrected chi connectivity index (χ3v) is 1.10. The van der Waals surface area contributed by atoms with Crippen molar-refractivity contribution in [2.45, 2.75) is 64.5 Å². The van der Waals surface area contributed by atoms with Crippen molar-refractivity contribution in [1.29, 1.82) is 0 Å². The maximum atomic E-state index is 10.8. The van der Waals surface area contributed by atoms with Crippen LogP contribution in [0.2, 0.25) is 0 Å². The van der Waals surface area contributed by atoms with Crippen LogP contribution in [-0.4, -0.2) is 31.6 Å². The smallest absolute Gasteiger partial charge is 0.335 e. The first kappa shape index (κ1) is 44.3. The highest BCUT2D eigenvalue weighted by molar-refractivity contribution is 5.81. The molecule has 0 aliphatic heterocycles. The van der Waals surface area contributed by atoms with E-state index in [1.165, 1.54) is 14.0 Å². The molecule has 0 aromatic rings. The highest BCUT2D eigenvalue weighted by Crippen LogP contribution is 1.91. The lowest BCUT2D eigenvalue weighted by Gasteiger charge is -2.07. The number of ether oxygens (including phenoxy) is 2. The molecule has 0 aliphatic carbocycles. The lowest BCUT2D eigenvalue weighted by atomic mass is 10.4. The summed E-state index contributed by atoms with van der Waals surface area (Å²) in [6.45, 7) is 2.74. The van der Waals surface area contributed by atoms with Gasteiger partial charge in [-0.1, -0.05) is 44.6 Å². The Kier molecular flexibility index (Phi) is 63.5. The molecule has 0 aromatic carbocycles. The maximum Gasteiger partial charge on any atom is 0.335 e. The minimum Gasteiger partial charge on any atom is -0.456 e. The first-order valence-electron chi connectivity index (χ1n) is 3.26. The van der Waals surface area contributed by atoms with Crippen molar-refractivity contribution in [2.24, 2.45) is 0 Å². The summed E-state index contributed by atoms with van der Waals surface area (Å²) in [7, 11) is 1.40. The number of rotatable bonds is 4. The number of hydrogen-bond acceptors (Lipinski definition) is 4. The van der Waals surface area contributed by atoms with Gasteiger partial charge in [0.05, 0.1) is 0 Å². The number of carbonyl (C=O) groups excluding carboxylic acids is 2. The standard InChI is InChI=1S/C7H12O4.6CH4/c1-5(8)4-11-7(9)6(2)10-3;;;;;;/h6H,4H2,1-3H3;6*1H4. The van der Waals surface area contributed by atoms with E-state index in [2.05, 4.69) is 9.47 Å². The second kappa shape index (κ2) is 24.4. The van der Waals surface area contributed by atoms with E-state index < -0.39 is 12.1 Å². The summed E-state index contributed by atoms with van der Waals surface area (Å²) in [5.74, 6) is -0.690. The van der Waals surface area contributed by atoms with Crippen molar-refractivity contribution in [2.75, 3.05) is 13.7 Å². The highest BCUT2D eigenvalue weighted by atomic mass is 16.6. The molecule has 0 spiro atoms. The van der Waals surface area contributed by atoms with Crippen molar-refractivity contribution in [1.82, 2.24) is 0 Å². The van der Waals surface area contributed by atoms with Gasteiger partial charge in [-0.3, -0.25) is 4.79 Å². The fourth-order valence-corrected chi connectivity index (χ4v) is 0.386. The van der Waals surface area contributed by atoms with Crippen LogP contribution >= 0.6 is 0 Å². The molecule has 0 bridgehead atoms. The van der Waals surface area contributed by atoms with E-state index in [4.69, 9.17) is 0 Å². The van der Waals surface area contributed by atoms with E-state index in [1.54, 1.807) is 6.92 Å². The van der Waals surface area contributed by atoms with Crippen LogP contribution in [0.3, 0.4) is 0 Å². The van der Waals surface area contributed by atoms with Gasteiger partial charge in [0.2, 0.25) is 0 Å². The fourth-order valence-electron chi connectivity index (χ4n) is 0.386. The van der Waals surface area contributed by atoms with Crippen LogP contribution in [0, 0.1) is 0 Å². The van der Waals surface area contributed by atoms with Gasteiger partial charge in [-0.2, -0.15) is 0 Å². The summed E-state index contributed by atoms with van der Waals surface area (Å²) in [5, 5.41) is 0.